The van der Waals surface area contributed by atoms with Crippen molar-refractivity contribution in [2.75, 3.05) is 6.54 Å². The standard InChI is InChI=1S/C9H12Cl2N2O/c1-6(5-13-12)14-9-7(10)3-2-4-8(9)11/h2-4,6,13H,5,12H2,1H3. The van der Waals surface area contributed by atoms with Crippen LogP contribution in [0.2, 0.25) is 10.0 Å². The molecule has 1 rings (SSSR count). The number of hydrogen-bond acceptors (Lipinski definition) is 3. The Morgan fingerprint density at radius 1 is 1.43 bits per heavy atom. The molecule has 0 fully saturated rings. The zero-order valence-electron chi connectivity index (χ0n) is 7.76. The fourth-order valence-electron chi connectivity index (χ4n) is 1.00. The van der Waals surface area contributed by atoms with E-state index < -0.39 is 0 Å². The van der Waals surface area contributed by atoms with Crippen LogP contribution in [0.15, 0.2) is 18.2 Å². The maximum atomic E-state index is 5.91. The van der Waals surface area contributed by atoms with Crippen molar-refractivity contribution in [3.05, 3.63) is 28.2 Å². The fraction of sp³-hybridized carbons (Fsp3) is 0.333. The first-order chi connectivity index (χ1) is 6.65. The van der Waals surface area contributed by atoms with Crippen LogP contribution >= 0.6 is 23.2 Å². The molecule has 3 nitrogen and oxygen atoms in total. The largest absolute Gasteiger partial charge is 0.486 e. The summed E-state index contributed by atoms with van der Waals surface area (Å²) in [5, 5.41) is 1.00. The van der Waals surface area contributed by atoms with Gasteiger partial charge in [-0.1, -0.05) is 29.3 Å². The molecule has 5 heteroatoms. The zero-order valence-corrected chi connectivity index (χ0v) is 9.27. The van der Waals surface area contributed by atoms with Crippen LogP contribution in [0.1, 0.15) is 6.92 Å². The number of hydrazine groups is 1. The molecule has 0 bridgehead atoms. The van der Waals surface area contributed by atoms with Crippen LogP contribution in [-0.2, 0) is 0 Å². The Hall–Kier alpha value is -0.480. The van der Waals surface area contributed by atoms with Crippen molar-refractivity contribution in [3.63, 3.8) is 0 Å². The lowest BCUT2D eigenvalue weighted by molar-refractivity contribution is 0.218. The lowest BCUT2D eigenvalue weighted by Gasteiger charge is -2.15. The van der Waals surface area contributed by atoms with E-state index in [0.717, 1.165) is 0 Å². The Bertz CT molecular complexity index is 287. The van der Waals surface area contributed by atoms with Gasteiger partial charge in [-0.3, -0.25) is 11.3 Å². The molecular weight excluding hydrogens is 223 g/mol. The third-order valence-corrected chi connectivity index (χ3v) is 2.24. The van der Waals surface area contributed by atoms with Crippen LogP contribution in [-0.4, -0.2) is 12.6 Å². The van der Waals surface area contributed by atoms with Gasteiger partial charge in [0.2, 0.25) is 0 Å². The number of rotatable bonds is 4. The van der Waals surface area contributed by atoms with Crippen molar-refractivity contribution in [1.82, 2.24) is 5.43 Å². The Morgan fingerprint density at radius 3 is 2.50 bits per heavy atom. The highest BCUT2D eigenvalue weighted by atomic mass is 35.5. The van der Waals surface area contributed by atoms with Gasteiger partial charge in [-0.2, -0.15) is 0 Å². The summed E-state index contributed by atoms with van der Waals surface area (Å²) in [5.41, 5.74) is 2.52. The second kappa shape index (κ2) is 5.41. The van der Waals surface area contributed by atoms with E-state index in [4.69, 9.17) is 33.8 Å². The van der Waals surface area contributed by atoms with Crippen molar-refractivity contribution >= 4 is 23.2 Å². The number of para-hydroxylation sites is 1. The van der Waals surface area contributed by atoms with Crippen molar-refractivity contribution in [3.8, 4) is 5.75 Å². The van der Waals surface area contributed by atoms with E-state index in [9.17, 15) is 0 Å². The molecule has 0 aliphatic carbocycles. The Balaban J connectivity index is 2.75. The summed E-state index contributed by atoms with van der Waals surface area (Å²) in [4.78, 5) is 0. The Kier molecular flexibility index (Phi) is 4.48. The van der Waals surface area contributed by atoms with Gasteiger partial charge in [0, 0.05) is 6.54 Å². The highest BCUT2D eigenvalue weighted by Gasteiger charge is 2.10. The first-order valence-electron chi connectivity index (χ1n) is 4.19. The summed E-state index contributed by atoms with van der Waals surface area (Å²) in [5.74, 6) is 5.66. The van der Waals surface area contributed by atoms with Gasteiger partial charge < -0.3 is 4.74 Å². The fourth-order valence-corrected chi connectivity index (χ4v) is 1.49. The summed E-state index contributed by atoms with van der Waals surface area (Å²) in [6, 6.07) is 5.22. The lowest BCUT2D eigenvalue weighted by Crippen LogP contribution is -2.33. The maximum absolute atomic E-state index is 5.91. The number of hydrogen-bond donors (Lipinski definition) is 2. The van der Waals surface area contributed by atoms with Crippen molar-refractivity contribution < 1.29 is 4.74 Å². The molecule has 3 N–H and O–H groups in total. The number of nitrogens with one attached hydrogen (secondary N) is 1. The molecule has 1 aromatic rings. The van der Waals surface area contributed by atoms with Crippen LogP contribution < -0.4 is 16.0 Å². The minimum atomic E-state index is -0.0857. The van der Waals surface area contributed by atoms with Gasteiger partial charge in [-0.25, -0.2) is 0 Å². The number of halogens is 2. The molecule has 0 saturated heterocycles. The van der Waals surface area contributed by atoms with Gasteiger partial charge in [-0.05, 0) is 19.1 Å². The molecule has 0 aliphatic heterocycles. The van der Waals surface area contributed by atoms with Gasteiger partial charge in [0.05, 0.1) is 10.0 Å². The summed E-state index contributed by atoms with van der Waals surface area (Å²) >= 11 is 11.8. The van der Waals surface area contributed by atoms with Crippen LogP contribution in [0.3, 0.4) is 0 Å². The topological polar surface area (TPSA) is 47.3 Å². The number of nitrogens with two attached hydrogens (primary N) is 1. The second-order valence-corrected chi connectivity index (χ2v) is 3.70. The average molecular weight is 235 g/mol. The van der Waals surface area contributed by atoms with Crippen LogP contribution in [0.5, 0.6) is 5.75 Å². The van der Waals surface area contributed by atoms with E-state index in [1.807, 2.05) is 6.92 Å². The molecule has 0 aromatic heterocycles. The summed E-state index contributed by atoms with van der Waals surface area (Å²) in [7, 11) is 0. The first-order valence-corrected chi connectivity index (χ1v) is 4.95. The molecule has 0 aliphatic rings. The molecular formula is C9H12Cl2N2O. The van der Waals surface area contributed by atoms with E-state index in [0.29, 0.717) is 22.3 Å². The molecule has 78 valence electrons. The third-order valence-electron chi connectivity index (χ3n) is 1.64. The van der Waals surface area contributed by atoms with Crippen molar-refractivity contribution in [2.45, 2.75) is 13.0 Å². The van der Waals surface area contributed by atoms with Gasteiger partial charge in [0.1, 0.15) is 6.10 Å². The molecule has 14 heavy (non-hydrogen) atoms. The monoisotopic (exact) mass is 234 g/mol. The SMILES string of the molecule is CC(CNN)Oc1c(Cl)cccc1Cl. The highest BCUT2D eigenvalue weighted by molar-refractivity contribution is 6.37. The summed E-state index contributed by atoms with van der Waals surface area (Å²) < 4.78 is 5.51. The average Bonchev–Trinajstić information content (AvgIpc) is 2.12. The molecule has 0 amide bonds. The minimum absolute atomic E-state index is 0.0857. The molecule has 1 unspecified atom stereocenters. The summed E-state index contributed by atoms with van der Waals surface area (Å²) in [6.07, 6.45) is -0.0857. The first kappa shape index (κ1) is 11.6. The predicted molar refractivity (Wildman–Crippen MR) is 58.7 cm³/mol. The lowest BCUT2D eigenvalue weighted by atomic mass is 10.3. The predicted octanol–water partition coefficient (Wildman–Crippen LogP) is 2.22. The van der Waals surface area contributed by atoms with Crippen molar-refractivity contribution in [1.29, 1.82) is 0 Å². The van der Waals surface area contributed by atoms with Gasteiger partial charge in [-0.15, -0.1) is 0 Å². The molecule has 0 spiro atoms. The normalized spacial score (nSPS) is 12.6. The third kappa shape index (κ3) is 3.03. The van der Waals surface area contributed by atoms with E-state index in [2.05, 4.69) is 5.43 Å². The number of ether oxygens (including phenoxy) is 1. The molecule has 1 atom stereocenters. The maximum Gasteiger partial charge on any atom is 0.156 e. The van der Waals surface area contributed by atoms with E-state index in [1.54, 1.807) is 18.2 Å². The van der Waals surface area contributed by atoms with Crippen LogP contribution in [0, 0.1) is 0 Å². The molecule has 1 aromatic carbocycles. The quantitative estimate of drug-likeness (QED) is 0.621. The van der Waals surface area contributed by atoms with Crippen molar-refractivity contribution in [2.24, 2.45) is 5.84 Å². The zero-order chi connectivity index (χ0) is 10.6. The Morgan fingerprint density at radius 2 is 2.00 bits per heavy atom. The molecule has 0 saturated carbocycles. The second-order valence-electron chi connectivity index (χ2n) is 2.89. The smallest absolute Gasteiger partial charge is 0.156 e. The van der Waals surface area contributed by atoms with E-state index >= 15 is 0 Å². The van der Waals surface area contributed by atoms with Gasteiger partial charge >= 0.3 is 0 Å². The van der Waals surface area contributed by atoms with Crippen LogP contribution in [0.4, 0.5) is 0 Å². The van der Waals surface area contributed by atoms with Gasteiger partial charge in [0.15, 0.2) is 5.75 Å². The van der Waals surface area contributed by atoms with Gasteiger partial charge in [0.25, 0.3) is 0 Å². The Labute approximate surface area is 93.1 Å². The molecule has 0 heterocycles. The number of benzene rings is 1. The highest BCUT2D eigenvalue weighted by Crippen LogP contribution is 2.32. The summed E-state index contributed by atoms with van der Waals surface area (Å²) in [6.45, 7) is 2.40. The van der Waals surface area contributed by atoms with E-state index in [1.165, 1.54) is 0 Å². The molecule has 0 radical (unpaired) electrons. The van der Waals surface area contributed by atoms with E-state index in [-0.39, 0.29) is 6.10 Å². The van der Waals surface area contributed by atoms with Crippen LogP contribution in [0.25, 0.3) is 0 Å². The minimum Gasteiger partial charge on any atom is -0.486 e.